The van der Waals surface area contributed by atoms with Crippen molar-refractivity contribution in [2.75, 3.05) is 25.6 Å². The molecule has 0 saturated heterocycles. The standard InChI is InChI=1S/C28H32BrN3O4S/c1-7-9-21-23(27(34)35-8-2)24(18-12-10-17(11-13-18)16(3)4)32-25(33)22(37-28(32)30-21)15-19-14-20(29)26(36-19)31(5)6/h10-16,24H,7-9H2,1-6H3/b22-15+/t24-/m1/s1. The highest BCUT2D eigenvalue weighted by atomic mass is 79.9. The number of halogens is 1. The predicted molar refractivity (Wildman–Crippen MR) is 151 cm³/mol. The van der Waals surface area contributed by atoms with Crippen LogP contribution in [0.25, 0.3) is 6.08 Å². The molecule has 1 aliphatic rings. The fraction of sp³-hybridized carbons (Fsp3) is 0.393. The monoisotopic (exact) mass is 585 g/mol. The molecular weight excluding hydrogens is 554 g/mol. The highest BCUT2D eigenvalue weighted by Gasteiger charge is 2.34. The lowest BCUT2D eigenvalue weighted by Gasteiger charge is -2.26. The summed E-state index contributed by atoms with van der Waals surface area (Å²) in [5.74, 6) is 1.15. The number of esters is 1. The smallest absolute Gasteiger partial charge is 0.338 e. The molecule has 0 aliphatic carbocycles. The van der Waals surface area contributed by atoms with Crippen LogP contribution in [0.5, 0.6) is 0 Å². The van der Waals surface area contributed by atoms with Crippen molar-refractivity contribution in [3.05, 3.63) is 82.6 Å². The maximum absolute atomic E-state index is 13.8. The summed E-state index contributed by atoms with van der Waals surface area (Å²) >= 11 is 4.81. The Morgan fingerprint density at radius 3 is 2.54 bits per heavy atom. The van der Waals surface area contributed by atoms with Crippen molar-refractivity contribution in [2.24, 2.45) is 4.99 Å². The van der Waals surface area contributed by atoms with Gasteiger partial charge in [0.15, 0.2) is 4.80 Å². The molecule has 0 fully saturated rings. The first kappa shape index (κ1) is 27.1. The fourth-order valence-corrected chi connectivity index (χ4v) is 6.04. The minimum atomic E-state index is -0.624. The first-order chi connectivity index (χ1) is 17.7. The van der Waals surface area contributed by atoms with Crippen molar-refractivity contribution in [2.45, 2.75) is 52.5 Å². The Balaban J connectivity index is 1.96. The first-order valence-corrected chi connectivity index (χ1v) is 14.1. The van der Waals surface area contributed by atoms with Crippen LogP contribution < -0.4 is 19.8 Å². The Kier molecular flexibility index (Phi) is 8.23. The molecule has 0 N–H and O–H groups in total. The quantitative estimate of drug-likeness (QED) is 0.343. The van der Waals surface area contributed by atoms with Crippen LogP contribution in [0.4, 0.5) is 5.88 Å². The molecule has 3 heterocycles. The number of anilines is 1. The Morgan fingerprint density at radius 2 is 1.97 bits per heavy atom. The third-order valence-electron chi connectivity index (χ3n) is 6.18. The van der Waals surface area contributed by atoms with E-state index in [4.69, 9.17) is 14.1 Å². The number of benzene rings is 1. The molecule has 196 valence electrons. The molecule has 0 bridgehead atoms. The van der Waals surface area contributed by atoms with Gasteiger partial charge >= 0.3 is 5.97 Å². The minimum Gasteiger partial charge on any atom is -0.463 e. The van der Waals surface area contributed by atoms with E-state index < -0.39 is 12.0 Å². The van der Waals surface area contributed by atoms with Crippen LogP contribution >= 0.6 is 27.3 Å². The zero-order valence-electron chi connectivity index (χ0n) is 22.0. The van der Waals surface area contributed by atoms with Gasteiger partial charge in [-0.3, -0.25) is 9.36 Å². The molecule has 0 amide bonds. The number of rotatable bonds is 8. The summed E-state index contributed by atoms with van der Waals surface area (Å²) in [5, 5.41) is 0. The molecule has 0 saturated carbocycles. The molecular formula is C28H32BrN3O4S. The third-order valence-corrected chi connectivity index (χ3v) is 7.73. The highest BCUT2D eigenvalue weighted by Crippen LogP contribution is 2.33. The first-order valence-electron chi connectivity index (χ1n) is 12.4. The number of allylic oxidation sites excluding steroid dienone is 1. The number of fused-ring (bicyclic) bond motifs is 1. The number of nitrogens with zero attached hydrogens (tertiary/aromatic N) is 3. The zero-order valence-corrected chi connectivity index (χ0v) is 24.4. The Labute approximate surface area is 228 Å². The maximum atomic E-state index is 13.8. The second-order valence-electron chi connectivity index (χ2n) is 9.43. The van der Waals surface area contributed by atoms with Gasteiger partial charge in [-0.25, -0.2) is 9.79 Å². The average Bonchev–Trinajstić information content (AvgIpc) is 3.37. The van der Waals surface area contributed by atoms with Gasteiger partial charge in [-0.1, -0.05) is 62.8 Å². The molecule has 37 heavy (non-hydrogen) atoms. The van der Waals surface area contributed by atoms with E-state index in [1.807, 2.05) is 44.1 Å². The minimum absolute atomic E-state index is 0.224. The van der Waals surface area contributed by atoms with Crippen LogP contribution in [0.3, 0.4) is 0 Å². The van der Waals surface area contributed by atoms with Crippen molar-refractivity contribution >= 4 is 45.2 Å². The lowest BCUT2D eigenvalue weighted by Crippen LogP contribution is -2.40. The molecule has 3 aromatic rings. The maximum Gasteiger partial charge on any atom is 0.338 e. The number of thiazole rings is 1. The number of furan rings is 1. The Morgan fingerprint density at radius 1 is 1.27 bits per heavy atom. The lowest BCUT2D eigenvalue weighted by molar-refractivity contribution is -0.139. The van der Waals surface area contributed by atoms with Crippen molar-refractivity contribution in [1.29, 1.82) is 0 Å². The van der Waals surface area contributed by atoms with E-state index in [1.54, 1.807) is 17.6 Å². The van der Waals surface area contributed by atoms with Gasteiger partial charge in [0, 0.05) is 26.2 Å². The van der Waals surface area contributed by atoms with Gasteiger partial charge in [-0.2, -0.15) is 0 Å². The van der Waals surface area contributed by atoms with Crippen molar-refractivity contribution < 1.29 is 13.9 Å². The topological polar surface area (TPSA) is 77.0 Å². The van der Waals surface area contributed by atoms with E-state index in [1.165, 1.54) is 16.9 Å². The van der Waals surface area contributed by atoms with E-state index in [0.29, 0.717) is 44.6 Å². The number of hydrogen-bond donors (Lipinski definition) is 0. The zero-order chi connectivity index (χ0) is 26.9. The molecule has 0 radical (unpaired) electrons. The molecule has 2 aromatic heterocycles. The van der Waals surface area contributed by atoms with Crippen molar-refractivity contribution in [3.8, 4) is 0 Å². The van der Waals surface area contributed by atoms with Gasteiger partial charge < -0.3 is 14.1 Å². The van der Waals surface area contributed by atoms with Gasteiger partial charge in [0.05, 0.1) is 32.9 Å². The lowest BCUT2D eigenvalue weighted by atomic mass is 9.92. The van der Waals surface area contributed by atoms with E-state index in [9.17, 15) is 9.59 Å². The third kappa shape index (κ3) is 5.38. The SMILES string of the molecule is CCCC1=C(C(=O)OCC)[C@@H](c2ccc(C(C)C)cc2)n2c(s/c(=C/c3cc(Br)c(N(C)C)o3)c2=O)=N1. The van der Waals surface area contributed by atoms with Crippen LogP contribution in [-0.4, -0.2) is 31.2 Å². The van der Waals surface area contributed by atoms with Gasteiger partial charge in [0.1, 0.15) is 5.76 Å². The predicted octanol–water partition coefficient (Wildman–Crippen LogP) is 5.12. The van der Waals surface area contributed by atoms with E-state index in [-0.39, 0.29) is 12.2 Å². The van der Waals surface area contributed by atoms with Crippen LogP contribution in [0, 0.1) is 0 Å². The van der Waals surface area contributed by atoms with E-state index in [2.05, 4.69) is 41.9 Å². The average molecular weight is 587 g/mol. The molecule has 4 rings (SSSR count). The summed E-state index contributed by atoms with van der Waals surface area (Å²) in [6.45, 7) is 8.34. The molecule has 1 aliphatic heterocycles. The molecule has 0 unspecified atom stereocenters. The summed E-state index contributed by atoms with van der Waals surface area (Å²) < 4.78 is 14.3. The largest absolute Gasteiger partial charge is 0.463 e. The van der Waals surface area contributed by atoms with Gasteiger partial charge in [-0.15, -0.1) is 0 Å². The van der Waals surface area contributed by atoms with Crippen molar-refractivity contribution in [3.63, 3.8) is 0 Å². The van der Waals surface area contributed by atoms with E-state index >= 15 is 0 Å². The fourth-order valence-electron chi connectivity index (χ4n) is 4.38. The van der Waals surface area contributed by atoms with Crippen LogP contribution in [0.1, 0.15) is 69.4 Å². The molecule has 7 nitrogen and oxygen atoms in total. The van der Waals surface area contributed by atoms with Crippen LogP contribution in [0.15, 0.2) is 60.3 Å². The summed E-state index contributed by atoms with van der Waals surface area (Å²) in [7, 11) is 3.77. The highest BCUT2D eigenvalue weighted by molar-refractivity contribution is 9.10. The Hall–Kier alpha value is -2.91. The second-order valence-corrected chi connectivity index (χ2v) is 11.3. The van der Waals surface area contributed by atoms with Gasteiger partial charge in [-0.05, 0) is 46.3 Å². The summed E-state index contributed by atoms with van der Waals surface area (Å²) in [6.07, 6.45) is 3.15. The summed E-state index contributed by atoms with van der Waals surface area (Å²) in [4.78, 5) is 34.3. The molecule has 0 spiro atoms. The van der Waals surface area contributed by atoms with E-state index in [0.717, 1.165) is 16.5 Å². The number of carbonyl (C=O) groups excluding carboxylic acids is 1. The van der Waals surface area contributed by atoms with Crippen LogP contribution in [-0.2, 0) is 9.53 Å². The van der Waals surface area contributed by atoms with Crippen LogP contribution in [0.2, 0.25) is 0 Å². The molecule has 1 aromatic carbocycles. The van der Waals surface area contributed by atoms with Gasteiger partial charge in [0.25, 0.3) is 5.56 Å². The van der Waals surface area contributed by atoms with Crippen molar-refractivity contribution in [1.82, 2.24) is 4.57 Å². The molecule has 1 atom stereocenters. The second kappa shape index (κ2) is 11.2. The number of ether oxygens (including phenoxy) is 1. The van der Waals surface area contributed by atoms with Gasteiger partial charge in [0.2, 0.25) is 5.88 Å². The molecule has 9 heteroatoms. The normalized spacial score (nSPS) is 15.7. The number of hydrogen-bond acceptors (Lipinski definition) is 7. The Bertz CT molecular complexity index is 1510. The number of carbonyl (C=O) groups is 1. The number of aromatic nitrogens is 1. The summed E-state index contributed by atoms with van der Waals surface area (Å²) in [5.41, 5.74) is 2.90. The summed E-state index contributed by atoms with van der Waals surface area (Å²) in [6, 6.07) is 9.32.